The van der Waals surface area contributed by atoms with E-state index in [-0.39, 0.29) is 29.5 Å². The first kappa shape index (κ1) is 78.7. The number of rotatable bonds is 12. The van der Waals surface area contributed by atoms with Crippen molar-refractivity contribution in [3.05, 3.63) is 211 Å². The molecule has 614 valence electrons. The van der Waals surface area contributed by atoms with Crippen LogP contribution in [0.4, 0.5) is 17.6 Å². The highest BCUT2D eigenvalue weighted by Crippen LogP contribution is 2.34. The molecule has 16 aromatic rings. The van der Waals surface area contributed by atoms with Crippen molar-refractivity contribution in [2.24, 2.45) is 0 Å². The van der Waals surface area contributed by atoms with Crippen molar-refractivity contribution < 1.29 is 41.3 Å². The molecule has 35 nitrogen and oxygen atoms in total. The number of halogens is 4. The van der Waals surface area contributed by atoms with Gasteiger partial charge in [-0.3, -0.25) is 72.0 Å². The van der Waals surface area contributed by atoms with Crippen molar-refractivity contribution >= 4 is 67.8 Å². The number of hydrogen-bond donors (Lipinski definition) is 4. The van der Waals surface area contributed by atoms with Gasteiger partial charge in [0.1, 0.15) is 63.0 Å². The molecule has 39 heteroatoms. The summed E-state index contributed by atoms with van der Waals surface area (Å²) in [4.78, 5) is 111. The van der Waals surface area contributed by atoms with E-state index in [1.54, 1.807) is 121 Å². The maximum Gasteiger partial charge on any atom is 0.439 e. The number of amides is 4. The fraction of sp³-hybridized carbons (Fsp3) is 0.293. The number of H-pyrrole nitrogens is 4. The number of alkyl halides is 4. The Hall–Kier alpha value is -14.8. The molecule has 0 aromatic carbocycles. The van der Waals surface area contributed by atoms with Crippen LogP contribution in [0.3, 0.4) is 0 Å². The van der Waals surface area contributed by atoms with Crippen molar-refractivity contribution in [2.75, 3.05) is 52.4 Å². The highest BCUT2D eigenvalue weighted by atomic mass is 19.2. The molecule has 0 atom stereocenters. The van der Waals surface area contributed by atoms with E-state index >= 15 is 0 Å². The lowest BCUT2D eigenvalue weighted by Gasteiger charge is -2.34. The van der Waals surface area contributed by atoms with E-state index in [1.807, 2.05) is 110 Å². The topological polar surface area (TPSA) is 413 Å². The number of carbonyl (C=O) groups excluding carboxylic acids is 4. The smallest absolute Gasteiger partial charge is 0.338 e. The Kier molecular flexibility index (Phi) is 21.2. The number of likely N-dealkylation sites (tertiary alicyclic amines) is 4. The fourth-order valence-electron chi connectivity index (χ4n) is 14.8. The van der Waals surface area contributed by atoms with E-state index < -0.39 is 28.4 Å². The third kappa shape index (κ3) is 17.2. The zero-order chi connectivity index (χ0) is 83.7. The quantitative estimate of drug-likeness (QED) is 0.0825. The first-order valence-corrected chi connectivity index (χ1v) is 38.9. The van der Waals surface area contributed by atoms with Crippen LogP contribution in [-0.2, 0) is 0 Å². The molecule has 4 fully saturated rings. The van der Waals surface area contributed by atoms with Crippen LogP contribution in [0.5, 0.6) is 0 Å². The van der Waals surface area contributed by atoms with E-state index in [1.165, 1.54) is 12.5 Å². The minimum absolute atomic E-state index is 0.106. The van der Waals surface area contributed by atoms with Crippen LogP contribution in [0, 0.1) is 0 Å². The van der Waals surface area contributed by atoms with Crippen LogP contribution in [0.25, 0.3) is 113 Å². The maximum atomic E-state index is 14.0. The molecule has 20 rings (SSSR count). The van der Waals surface area contributed by atoms with Gasteiger partial charge in [-0.1, -0.05) is 5.16 Å². The van der Waals surface area contributed by atoms with Crippen molar-refractivity contribution in [1.29, 1.82) is 0 Å². The molecule has 121 heavy (non-hydrogen) atoms. The zero-order valence-electron chi connectivity index (χ0n) is 65.7. The van der Waals surface area contributed by atoms with Gasteiger partial charge in [0, 0.05) is 147 Å². The standard InChI is InChI=1S/C21H20FN7O.C21H19FN6O3.2C20H19FN8O/c1-21(22)5-8-28(9-6-21)20(30)15-10-14-4-7-29(19(14)24-11-15)16-2-3-17(23-12-16)18-25-13-26-27-18;1-21(22)3-6-27(7-4-21)19(29)15-8-13-2-5-28(18(13)24-11-15)16-9-14(10-23-12-16)17-25-20(30)31-26-17;1-20(21)3-6-28(7-4-20)19(30)15-8-13-2-5-29(18(13)23-11-15)16-9-14(10-22-12-16)17-24-26-27-25-17;1-20(21)5-8-28(9-6-20)19(30)14-10-13-4-7-29(18(13)23-11-14)15-2-3-16(22-12-15)17-24-26-27-25-17/h2-4,7,10-13H,5-6,8-9H2,1H3,(H,25,26,27);2,5,8-12H,3-4,6-7H2,1H3,(H,25,26,30);2,5,8-12H,3-4,6-7H2,1H3,(H,24,25,26,27);2-4,7,10-12H,5-6,8-9H2,1H3,(H,24,25,26,27). The van der Waals surface area contributed by atoms with Crippen LogP contribution < -0.4 is 5.76 Å². The molecule has 16 aromatic heterocycles. The molecule has 4 saturated heterocycles. The van der Waals surface area contributed by atoms with Gasteiger partial charge in [0.2, 0.25) is 11.6 Å². The largest absolute Gasteiger partial charge is 0.439 e. The molecule has 4 aliphatic heterocycles. The lowest BCUT2D eigenvalue weighted by Crippen LogP contribution is -2.43. The highest BCUT2D eigenvalue weighted by molar-refractivity contribution is 6.00. The molecule has 0 saturated carbocycles. The Morgan fingerprint density at radius 3 is 1.09 bits per heavy atom. The number of pyridine rings is 8. The van der Waals surface area contributed by atoms with Gasteiger partial charge in [-0.15, -0.1) is 20.4 Å². The number of fused-ring (bicyclic) bond motifs is 4. The summed E-state index contributed by atoms with van der Waals surface area (Å²) >= 11 is 0. The second kappa shape index (κ2) is 32.6. The monoisotopic (exact) mass is 1640 g/mol. The van der Waals surface area contributed by atoms with E-state index in [4.69, 9.17) is 0 Å². The molecule has 0 bridgehead atoms. The molecule has 4 N–H and O–H groups in total. The first-order chi connectivity index (χ1) is 58.4. The number of nitrogens with zero attached hydrogens (tertiary/aromatic N) is 25. The SMILES string of the molecule is CC1(F)CCN(C(=O)c2cnc3c(ccn3-c3ccc(-c4ncn[nH]4)nc3)c2)CC1.CC1(F)CCN(C(=O)c2cnc3c(ccn3-c3ccc(-c4nn[nH]n4)nc3)c2)CC1.CC1(F)CCN(C(=O)c2cnc3c(ccn3-c3cncc(-c4nn[nH]n4)c3)c2)CC1.CC1(F)CCN(C(=O)c2cnc3c(ccn3-c3cncc(-c4noc(=O)[nH]4)c3)c2)CC1. The molecule has 20 heterocycles. The van der Waals surface area contributed by atoms with Gasteiger partial charge in [-0.2, -0.15) is 15.5 Å². The molecule has 0 spiro atoms. The van der Waals surface area contributed by atoms with Crippen LogP contribution >= 0.6 is 0 Å². The Labute approximate surface area is 683 Å². The van der Waals surface area contributed by atoms with E-state index in [0.29, 0.717) is 177 Å². The van der Waals surface area contributed by atoms with Gasteiger partial charge in [0.05, 0.1) is 69.8 Å². The minimum atomic E-state index is -1.21. The number of piperidine rings is 4. The third-order valence-electron chi connectivity index (χ3n) is 22.1. The van der Waals surface area contributed by atoms with Gasteiger partial charge in [0.25, 0.3) is 23.6 Å². The van der Waals surface area contributed by atoms with Gasteiger partial charge in [-0.05, 0) is 174 Å². The number of aromatic amines is 4. The molecule has 0 radical (unpaired) electrons. The van der Waals surface area contributed by atoms with Crippen LogP contribution in [0.15, 0.2) is 187 Å². The average molecular weight is 1640 g/mol. The van der Waals surface area contributed by atoms with Gasteiger partial charge in [0.15, 0.2) is 11.6 Å². The highest BCUT2D eigenvalue weighted by Gasteiger charge is 2.36. The van der Waals surface area contributed by atoms with Crippen molar-refractivity contribution in [3.8, 4) is 68.6 Å². The lowest BCUT2D eigenvalue weighted by atomic mass is 9.95. The number of hydrogen-bond acceptors (Lipinski definition) is 23. The van der Waals surface area contributed by atoms with Crippen LogP contribution in [0.1, 0.15) is 120 Å². The number of aromatic nitrogens is 25. The lowest BCUT2D eigenvalue weighted by molar-refractivity contribution is 0.0493. The van der Waals surface area contributed by atoms with Crippen LogP contribution in [-0.4, -0.2) is 243 Å². The summed E-state index contributed by atoms with van der Waals surface area (Å²) in [5.41, 5.74) is 5.79. The Morgan fingerprint density at radius 2 is 0.752 bits per heavy atom. The van der Waals surface area contributed by atoms with Crippen molar-refractivity contribution in [1.82, 2.24) is 144 Å². The molecule has 0 aliphatic carbocycles. The second-order valence-corrected chi connectivity index (χ2v) is 31.0. The molecule has 4 amide bonds. The molecule has 0 unspecified atom stereocenters. The fourth-order valence-corrected chi connectivity index (χ4v) is 14.8. The summed E-state index contributed by atoms with van der Waals surface area (Å²) < 4.78 is 68.2. The second-order valence-electron chi connectivity index (χ2n) is 31.0. The Balaban J connectivity index is 0.000000115. The van der Waals surface area contributed by atoms with Crippen LogP contribution in [0.2, 0.25) is 0 Å². The summed E-state index contributed by atoms with van der Waals surface area (Å²) in [5.74, 6) is 0.636. The summed E-state index contributed by atoms with van der Waals surface area (Å²) in [6.45, 7) is 9.67. The first-order valence-electron chi connectivity index (χ1n) is 38.9. The molecule has 4 aliphatic rings. The van der Waals surface area contributed by atoms with Gasteiger partial charge < -0.3 is 19.6 Å². The summed E-state index contributed by atoms with van der Waals surface area (Å²) in [5, 5.41) is 41.3. The maximum absolute atomic E-state index is 14.0. The van der Waals surface area contributed by atoms with E-state index in [0.717, 1.165) is 55.5 Å². The summed E-state index contributed by atoms with van der Waals surface area (Å²) in [6, 6.07) is 26.0. The Morgan fingerprint density at radius 1 is 0.388 bits per heavy atom. The van der Waals surface area contributed by atoms with E-state index in [2.05, 4.69) is 111 Å². The number of carbonyl (C=O) groups is 4. The Bertz CT molecular complexity index is 6280. The van der Waals surface area contributed by atoms with E-state index in [9.17, 15) is 41.5 Å². The average Bonchev–Trinajstić information content (AvgIpc) is 1.67. The predicted molar refractivity (Wildman–Crippen MR) is 432 cm³/mol. The van der Waals surface area contributed by atoms with Gasteiger partial charge >= 0.3 is 5.76 Å². The molecular weight excluding hydrogens is 1560 g/mol. The summed E-state index contributed by atoms with van der Waals surface area (Å²) in [6.07, 6.45) is 28.0. The minimum Gasteiger partial charge on any atom is -0.338 e. The summed E-state index contributed by atoms with van der Waals surface area (Å²) in [7, 11) is 0. The van der Waals surface area contributed by atoms with Crippen molar-refractivity contribution in [3.63, 3.8) is 0 Å². The van der Waals surface area contributed by atoms with Gasteiger partial charge in [-0.25, -0.2) is 47.3 Å². The third-order valence-corrected chi connectivity index (χ3v) is 22.1. The zero-order valence-corrected chi connectivity index (χ0v) is 65.7. The number of tetrazole rings is 2. The van der Waals surface area contributed by atoms with Crippen molar-refractivity contribution in [2.45, 2.75) is 102 Å². The number of nitrogens with one attached hydrogen (secondary N) is 4. The molecular formula is C82H77F4N29O6. The predicted octanol–water partition coefficient (Wildman–Crippen LogP) is 11.0. The normalized spacial score (nSPS) is 16.1.